The first-order chi connectivity index (χ1) is 17.2. The summed E-state index contributed by atoms with van der Waals surface area (Å²) in [5, 5.41) is 0. The van der Waals surface area contributed by atoms with Crippen LogP contribution in [0.15, 0.2) is 0 Å². The fourth-order valence-electron chi connectivity index (χ4n) is 3.66. The quantitative estimate of drug-likeness (QED) is 0.131. The van der Waals surface area contributed by atoms with Gasteiger partial charge >= 0.3 is 7.54 Å². The predicted octanol–water partition coefficient (Wildman–Crippen LogP) is -0.500. The number of carbonyl (C=O) groups is 3. The van der Waals surface area contributed by atoms with Gasteiger partial charge in [0, 0.05) is 31.1 Å². The Hall–Kier alpha value is -0.295. The maximum Gasteiger partial charge on any atom is 0.762 e. The highest BCUT2D eigenvalue weighted by atomic mass is 35.5. The topological polar surface area (TPSA) is 69.7 Å². The van der Waals surface area contributed by atoms with Crippen molar-refractivity contribution in [2.45, 2.75) is 85.9 Å². The Labute approximate surface area is 246 Å². The van der Waals surface area contributed by atoms with Gasteiger partial charge in [-0.1, -0.05) is 13.8 Å². The molecule has 2 unspecified atom stereocenters. The summed E-state index contributed by atoms with van der Waals surface area (Å²) in [5.74, 6) is 5.41. The second-order valence-electron chi connectivity index (χ2n) is 9.67. The molecule has 0 aromatic rings. The molecule has 0 aromatic heterocycles. The summed E-state index contributed by atoms with van der Waals surface area (Å²) in [4.78, 5) is 33.4. The van der Waals surface area contributed by atoms with Gasteiger partial charge in [-0.05, 0) is 62.3 Å². The van der Waals surface area contributed by atoms with Gasteiger partial charge in [0.25, 0.3) is 0 Å². The molecule has 0 saturated carbocycles. The Bertz CT molecular complexity index is 645. The van der Waals surface area contributed by atoms with Crippen molar-refractivity contribution >= 4 is 46.7 Å². The first-order valence-electron chi connectivity index (χ1n) is 13.1. The molecular formula is C26H50BClF4O5S2. The Balaban J connectivity index is -0.000000267. The fraction of sp³-hybridized carbons (Fsp3) is 0.885. The monoisotopic (exact) mass is 628 g/mol. The van der Waals surface area contributed by atoms with Crippen molar-refractivity contribution in [3.8, 4) is 0 Å². The maximum atomic E-state index is 11.4. The van der Waals surface area contributed by atoms with E-state index in [1.807, 2.05) is 6.92 Å². The minimum absolute atomic E-state index is 0. The zero-order valence-corrected chi connectivity index (χ0v) is 27.4. The molecule has 1 heterocycles. The molecule has 1 fully saturated rings. The van der Waals surface area contributed by atoms with Crippen molar-refractivity contribution in [3.63, 3.8) is 0 Å². The molecule has 4 atom stereocenters. The molecule has 0 aliphatic carbocycles. The van der Waals surface area contributed by atoms with Crippen LogP contribution in [0.4, 0.5) is 12.9 Å². The Kier molecular flexibility index (Phi) is 31.2. The third-order valence-corrected chi connectivity index (χ3v) is 10.0. The predicted molar refractivity (Wildman–Crippen MR) is 154 cm³/mol. The number of carbonyl (C=O) groups excluding carboxylic acids is 3. The summed E-state index contributed by atoms with van der Waals surface area (Å²) in [6.45, 7) is 12.7. The number of ether oxygens (including phenoxy) is 2. The molecule has 39 heavy (non-hydrogen) atoms. The van der Waals surface area contributed by atoms with E-state index in [4.69, 9.17) is 9.47 Å². The average molecular weight is 629 g/mol. The summed E-state index contributed by atoms with van der Waals surface area (Å²) in [5.41, 5.74) is 0. The van der Waals surface area contributed by atoms with Crippen LogP contribution in [0.5, 0.6) is 0 Å². The van der Waals surface area contributed by atoms with Crippen molar-refractivity contribution in [1.82, 2.24) is 0 Å². The number of Topliss-reactive ketones (excluding diaryl/α,β-unsaturated/α-hetero) is 3. The lowest BCUT2D eigenvalue weighted by molar-refractivity contribution is -0.142. The third-order valence-electron chi connectivity index (χ3n) is 6.37. The SMILES string of the molecule is CC[C@@H](CC[S+](C)CCC(C)=O)C(C)=O.CC[C@@H](CC[S+](C)CCC1(C)OCCO1)C(C)=O.FB(F)F.[Cl-].[F-]. The first-order valence-corrected chi connectivity index (χ1v) is 17.0. The number of ketones is 3. The van der Waals surface area contributed by atoms with Gasteiger partial charge in [-0.3, -0.25) is 27.3 Å². The van der Waals surface area contributed by atoms with Gasteiger partial charge in [-0.25, -0.2) is 0 Å². The fourth-order valence-corrected chi connectivity index (χ4v) is 6.80. The molecule has 1 aliphatic heterocycles. The highest BCUT2D eigenvalue weighted by Crippen LogP contribution is 2.23. The molecule has 0 radical (unpaired) electrons. The maximum absolute atomic E-state index is 11.4. The van der Waals surface area contributed by atoms with E-state index < -0.39 is 7.54 Å². The van der Waals surface area contributed by atoms with E-state index in [0.29, 0.717) is 39.8 Å². The van der Waals surface area contributed by atoms with Gasteiger partial charge in [0.2, 0.25) is 0 Å². The molecule has 0 N–H and O–H groups in total. The van der Waals surface area contributed by atoms with Crippen LogP contribution < -0.4 is 17.1 Å². The molecule has 1 saturated heterocycles. The molecule has 234 valence electrons. The van der Waals surface area contributed by atoms with Crippen LogP contribution in [0.25, 0.3) is 0 Å². The minimum Gasteiger partial charge on any atom is -1.00 e. The van der Waals surface area contributed by atoms with Gasteiger partial charge < -0.3 is 26.6 Å². The van der Waals surface area contributed by atoms with Crippen molar-refractivity contribution < 1.29 is 53.9 Å². The lowest BCUT2D eigenvalue weighted by Crippen LogP contribution is -3.00. The molecule has 5 nitrogen and oxygen atoms in total. The summed E-state index contributed by atoms with van der Waals surface area (Å²) >= 11 is 0. The van der Waals surface area contributed by atoms with E-state index in [-0.39, 0.29) is 40.5 Å². The summed E-state index contributed by atoms with van der Waals surface area (Å²) < 4.78 is 40.2. The standard InChI is InChI=1S/C14H27O3S.C12H23O2S.BF3.ClH.FH/c1-5-13(12(2)15)6-10-18(4)11-7-14(3)16-8-9-17-14;1-5-12(11(3)14)7-9-15(4)8-6-10(2)13;2-1(3)4;;/h13H,5-11H2,1-4H3;12H,5-9H2,1-4H3;;2*1H/q2*+1;;;/p-2/t13-,18?;12-,15?;;;/m00.../s1. The smallest absolute Gasteiger partial charge is 0.762 e. The average Bonchev–Trinajstić information content (AvgIpc) is 3.23. The van der Waals surface area contributed by atoms with Gasteiger partial charge in [-0.15, -0.1) is 0 Å². The van der Waals surface area contributed by atoms with Crippen LogP contribution in [-0.2, 0) is 45.6 Å². The van der Waals surface area contributed by atoms with Crippen molar-refractivity contribution in [2.24, 2.45) is 11.8 Å². The Morgan fingerprint density at radius 2 is 1.18 bits per heavy atom. The van der Waals surface area contributed by atoms with Crippen molar-refractivity contribution in [3.05, 3.63) is 0 Å². The lowest BCUT2D eigenvalue weighted by Gasteiger charge is -2.21. The summed E-state index contributed by atoms with van der Waals surface area (Å²) in [7, 11) is -3.01. The van der Waals surface area contributed by atoms with Crippen LogP contribution >= 0.6 is 0 Å². The van der Waals surface area contributed by atoms with E-state index in [9.17, 15) is 27.3 Å². The highest BCUT2D eigenvalue weighted by Gasteiger charge is 2.33. The molecule has 0 aromatic carbocycles. The number of halogens is 5. The molecule has 0 spiro atoms. The molecule has 1 rings (SSSR count). The number of hydrogen-bond acceptors (Lipinski definition) is 5. The normalized spacial score (nSPS) is 16.4. The van der Waals surface area contributed by atoms with Gasteiger partial charge in [0.15, 0.2) is 5.79 Å². The lowest BCUT2D eigenvalue weighted by atomic mass is 10.00. The number of rotatable bonds is 16. The first kappa shape index (κ1) is 45.7. The summed E-state index contributed by atoms with van der Waals surface area (Å²) in [6.07, 6.45) is 10.1. The van der Waals surface area contributed by atoms with E-state index in [1.54, 1.807) is 20.8 Å². The van der Waals surface area contributed by atoms with Crippen molar-refractivity contribution in [1.29, 1.82) is 0 Å². The van der Waals surface area contributed by atoms with Crippen LogP contribution in [0, 0.1) is 11.8 Å². The highest BCUT2D eigenvalue weighted by molar-refractivity contribution is 7.96. The van der Waals surface area contributed by atoms with Crippen LogP contribution in [-0.4, -0.2) is 79.4 Å². The van der Waals surface area contributed by atoms with Crippen molar-refractivity contribution in [2.75, 3.05) is 48.7 Å². The van der Waals surface area contributed by atoms with Crippen LogP contribution in [0.3, 0.4) is 0 Å². The third kappa shape index (κ3) is 27.6. The summed E-state index contributed by atoms with van der Waals surface area (Å²) in [6, 6.07) is 0. The minimum atomic E-state index is -3.67. The van der Waals surface area contributed by atoms with Gasteiger partial charge in [-0.2, -0.15) is 0 Å². The van der Waals surface area contributed by atoms with Gasteiger partial charge in [0.1, 0.15) is 40.4 Å². The van der Waals surface area contributed by atoms with E-state index in [0.717, 1.165) is 68.3 Å². The second kappa shape index (κ2) is 26.6. The van der Waals surface area contributed by atoms with E-state index >= 15 is 0 Å². The zero-order valence-electron chi connectivity index (χ0n) is 25.0. The number of hydrogen-bond donors (Lipinski definition) is 0. The largest absolute Gasteiger partial charge is 1.00 e. The Morgan fingerprint density at radius 3 is 1.49 bits per heavy atom. The van der Waals surface area contributed by atoms with E-state index in [1.165, 1.54) is 0 Å². The zero-order chi connectivity index (χ0) is 29.0. The Morgan fingerprint density at radius 1 is 0.821 bits per heavy atom. The molecular weight excluding hydrogens is 579 g/mol. The second-order valence-corrected chi connectivity index (χ2v) is 14.4. The van der Waals surface area contributed by atoms with Crippen LogP contribution in [0.1, 0.15) is 80.1 Å². The molecule has 0 amide bonds. The van der Waals surface area contributed by atoms with Crippen LogP contribution in [0.2, 0.25) is 0 Å². The molecule has 13 heteroatoms. The molecule has 0 bridgehead atoms. The van der Waals surface area contributed by atoms with E-state index in [2.05, 4.69) is 26.4 Å². The van der Waals surface area contributed by atoms with Gasteiger partial charge in [0.05, 0.1) is 32.1 Å². The molecule has 1 aliphatic rings.